The van der Waals surface area contributed by atoms with Crippen LogP contribution < -0.4 is 14.5 Å². The number of hydrazone groups is 1. The number of carbonyl (C=O) groups excluding carboxylic acids is 2. The second-order valence-electron chi connectivity index (χ2n) is 8.27. The van der Waals surface area contributed by atoms with Gasteiger partial charge in [0.05, 0.1) is 23.9 Å². The maximum atomic E-state index is 13.6. The molecule has 10 heteroatoms. The Kier molecular flexibility index (Phi) is 9.02. The molecule has 0 atom stereocenters. The fourth-order valence-corrected chi connectivity index (χ4v) is 4.82. The van der Waals surface area contributed by atoms with Gasteiger partial charge in [-0.15, -0.1) is 0 Å². The molecule has 37 heavy (non-hydrogen) atoms. The summed E-state index contributed by atoms with van der Waals surface area (Å²) in [5.41, 5.74) is 6.05. The largest absolute Gasteiger partial charge is 0.482 e. The molecule has 9 nitrogen and oxygen atoms in total. The summed E-state index contributed by atoms with van der Waals surface area (Å²) in [4.78, 5) is 24.0. The number of carbonyl (C=O) groups is 2. The zero-order valence-electron chi connectivity index (χ0n) is 21.1. The molecular formula is C27H29N3O6S. The minimum Gasteiger partial charge on any atom is -0.482 e. The van der Waals surface area contributed by atoms with Crippen LogP contribution in [-0.4, -0.2) is 46.8 Å². The van der Waals surface area contributed by atoms with Crippen LogP contribution in [0.2, 0.25) is 0 Å². The van der Waals surface area contributed by atoms with Crippen LogP contribution in [0, 0.1) is 20.8 Å². The Morgan fingerprint density at radius 2 is 1.65 bits per heavy atom. The molecule has 0 bridgehead atoms. The van der Waals surface area contributed by atoms with Crippen molar-refractivity contribution in [2.24, 2.45) is 5.10 Å². The van der Waals surface area contributed by atoms with Gasteiger partial charge in [0.2, 0.25) is 0 Å². The maximum absolute atomic E-state index is 13.6. The van der Waals surface area contributed by atoms with E-state index in [0.29, 0.717) is 17.0 Å². The summed E-state index contributed by atoms with van der Waals surface area (Å²) < 4.78 is 38.0. The van der Waals surface area contributed by atoms with Crippen molar-refractivity contribution >= 4 is 33.8 Å². The number of amides is 1. The SMILES string of the molecule is COC(=O)COc1ccc(/C=N\NC(=O)CN(c2cccc(C)c2C)S(=O)(=O)c2ccc(C)cc2)cc1. The first-order chi connectivity index (χ1) is 17.6. The number of ether oxygens (including phenoxy) is 2. The smallest absolute Gasteiger partial charge is 0.343 e. The summed E-state index contributed by atoms with van der Waals surface area (Å²) in [6.45, 7) is 4.90. The highest BCUT2D eigenvalue weighted by molar-refractivity contribution is 7.92. The number of aryl methyl sites for hydroxylation is 2. The number of benzene rings is 3. The Hall–Kier alpha value is -4.18. The number of rotatable bonds is 10. The van der Waals surface area contributed by atoms with Crippen LogP contribution in [0.15, 0.2) is 76.7 Å². The Morgan fingerprint density at radius 3 is 2.30 bits per heavy atom. The molecule has 0 saturated heterocycles. The van der Waals surface area contributed by atoms with Gasteiger partial charge in [-0.05, 0) is 79.9 Å². The van der Waals surface area contributed by atoms with Gasteiger partial charge in [-0.3, -0.25) is 9.10 Å². The van der Waals surface area contributed by atoms with Gasteiger partial charge in [0.1, 0.15) is 12.3 Å². The van der Waals surface area contributed by atoms with Gasteiger partial charge in [-0.2, -0.15) is 5.10 Å². The maximum Gasteiger partial charge on any atom is 0.343 e. The van der Waals surface area contributed by atoms with Crippen molar-refractivity contribution in [3.63, 3.8) is 0 Å². The number of nitrogens with one attached hydrogen (secondary N) is 1. The first-order valence-electron chi connectivity index (χ1n) is 11.4. The number of sulfonamides is 1. The molecule has 0 aliphatic heterocycles. The van der Waals surface area contributed by atoms with Gasteiger partial charge in [-0.1, -0.05) is 29.8 Å². The van der Waals surface area contributed by atoms with E-state index in [2.05, 4.69) is 15.3 Å². The third-order valence-electron chi connectivity index (χ3n) is 5.61. The molecule has 0 unspecified atom stereocenters. The molecule has 0 spiro atoms. The Morgan fingerprint density at radius 1 is 0.973 bits per heavy atom. The Bertz CT molecular complexity index is 1380. The van der Waals surface area contributed by atoms with Gasteiger partial charge in [0.25, 0.3) is 15.9 Å². The van der Waals surface area contributed by atoms with E-state index in [0.717, 1.165) is 21.0 Å². The Balaban J connectivity index is 1.75. The highest BCUT2D eigenvalue weighted by Gasteiger charge is 2.28. The van der Waals surface area contributed by atoms with Gasteiger partial charge in [0.15, 0.2) is 6.61 Å². The molecule has 0 aliphatic carbocycles. The van der Waals surface area contributed by atoms with Gasteiger partial charge in [0, 0.05) is 0 Å². The third kappa shape index (κ3) is 7.17. The molecule has 0 fully saturated rings. The summed E-state index contributed by atoms with van der Waals surface area (Å²) in [7, 11) is -2.75. The van der Waals surface area contributed by atoms with Crippen molar-refractivity contribution in [3.05, 3.63) is 89.0 Å². The fraction of sp³-hybridized carbons (Fsp3) is 0.222. The second kappa shape index (κ2) is 12.2. The molecular weight excluding hydrogens is 494 g/mol. The van der Waals surface area contributed by atoms with Gasteiger partial charge < -0.3 is 9.47 Å². The van der Waals surface area contributed by atoms with Crippen LogP contribution in [0.3, 0.4) is 0 Å². The van der Waals surface area contributed by atoms with Crippen molar-refractivity contribution in [3.8, 4) is 5.75 Å². The van der Waals surface area contributed by atoms with Crippen LogP contribution in [0.1, 0.15) is 22.3 Å². The lowest BCUT2D eigenvalue weighted by Gasteiger charge is -2.26. The number of esters is 1. The van der Waals surface area contributed by atoms with Crippen LogP contribution in [0.5, 0.6) is 5.75 Å². The molecule has 1 N–H and O–H groups in total. The van der Waals surface area contributed by atoms with Crippen molar-refractivity contribution in [2.45, 2.75) is 25.7 Å². The lowest BCUT2D eigenvalue weighted by atomic mass is 10.1. The molecule has 3 aromatic carbocycles. The molecule has 0 aliphatic rings. The van der Waals surface area contributed by atoms with E-state index >= 15 is 0 Å². The minimum absolute atomic E-state index is 0.0878. The zero-order valence-corrected chi connectivity index (χ0v) is 21.9. The molecule has 0 radical (unpaired) electrons. The predicted octanol–water partition coefficient (Wildman–Crippen LogP) is 3.51. The van der Waals surface area contributed by atoms with Gasteiger partial charge >= 0.3 is 5.97 Å². The zero-order chi connectivity index (χ0) is 27.0. The lowest BCUT2D eigenvalue weighted by Crippen LogP contribution is -2.40. The van der Waals surface area contributed by atoms with E-state index in [1.165, 1.54) is 25.5 Å². The normalized spacial score (nSPS) is 11.2. The van der Waals surface area contributed by atoms with E-state index in [1.54, 1.807) is 48.5 Å². The van der Waals surface area contributed by atoms with Crippen LogP contribution in [0.4, 0.5) is 5.69 Å². The van der Waals surface area contributed by atoms with Gasteiger partial charge in [-0.25, -0.2) is 18.6 Å². The van der Waals surface area contributed by atoms with Crippen molar-refractivity contribution in [2.75, 3.05) is 24.6 Å². The molecule has 3 aromatic rings. The van der Waals surface area contributed by atoms with E-state index in [9.17, 15) is 18.0 Å². The number of nitrogens with zero attached hydrogens (tertiary/aromatic N) is 2. The number of hydrogen-bond acceptors (Lipinski definition) is 7. The first kappa shape index (κ1) is 27.4. The minimum atomic E-state index is -4.03. The van der Waals surface area contributed by atoms with E-state index in [4.69, 9.17) is 4.74 Å². The molecule has 194 valence electrons. The van der Waals surface area contributed by atoms with E-state index in [1.807, 2.05) is 26.8 Å². The first-order valence-corrected chi connectivity index (χ1v) is 12.8. The molecule has 0 saturated carbocycles. The monoisotopic (exact) mass is 523 g/mol. The summed E-state index contributed by atoms with van der Waals surface area (Å²) in [5.74, 6) is -0.629. The average molecular weight is 524 g/mol. The summed E-state index contributed by atoms with van der Waals surface area (Å²) in [5, 5.41) is 3.95. The van der Waals surface area contributed by atoms with Crippen LogP contribution in [0.25, 0.3) is 0 Å². The van der Waals surface area contributed by atoms with E-state index < -0.39 is 28.4 Å². The van der Waals surface area contributed by atoms with E-state index in [-0.39, 0.29) is 11.5 Å². The fourth-order valence-electron chi connectivity index (χ4n) is 3.34. The molecule has 3 rings (SSSR count). The lowest BCUT2D eigenvalue weighted by molar-refractivity contribution is -0.142. The standard InChI is InChI=1S/C27H29N3O6S/c1-19-8-14-24(15-9-19)37(33,34)30(25-7-5-6-20(2)21(25)3)17-26(31)29-28-16-22-10-12-23(13-11-22)36-18-27(32)35-4/h5-16H,17-18H2,1-4H3,(H,29,31)/b28-16-. The number of methoxy groups -OCH3 is 1. The second-order valence-corrected chi connectivity index (χ2v) is 10.1. The summed E-state index contributed by atoms with van der Waals surface area (Å²) >= 11 is 0. The van der Waals surface area contributed by atoms with Crippen LogP contribution in [-0.2, 0) is 24.3 Å². The van der Waals surface area contributed by atoms with Crippen molar-refractivity contribution in [1.29, 1.82) is 0 Å². The average Bonchev–Trinajstić information content (AvgIpc) is 2.88. The van der Waals surface area contributed by atoms with Crippen molar-refractivity contribution in [1.82, 2.24) is 5.43 Å². The summed E-state index contributed by atoms with van der Waals surface area (Å²) in [6, 6.07) is 18.4. The molecule has 0 heterocycles. The van der Waals surface area contributed by atoms with Crippen LogP contribution >= 0.6 is 0 Å². The number of anilines is 1. The molecule has 1 amide bonds. The highest BCUT2D eigenvalue weighted by atomic mass is 32.2. The highest BCUT2D eigenvalue weighted by Crippen LogP contribution is 2.28. The molecule has 0 aromatic heterocycles. The summed E-state index contributed by atoms with van der Waals surface area (Å²) in [6.07, 6.45) is 1.42. The third-order valence-corrected chi connectivity index (χ3v) is 7.38. The van der Waals surface area contributed by atoms with Crippen molar-refractivity contribution < 1.29 is 27.5 Å². The topological polar surface area (TPSA) is 114 Å². The predicted molar refractivity (Wildman–Crippen MR) is 141 cm³/mol. The number of hydrogen-bond donors (Lipinski definition) is 1. The quantitative estimate of drug-likeness (QED) is 0.247. The Labute approximate surface area is 216 Å².